The number of urea groups is 1. The summed E-state index contributed by atoms with van der Waals surface area (Å²) in [6.45, 7) is 0.330. The molecule has 0 fully saturated rings. The topological polar surface area (TPSA) is 121 Å². The Morgan fingerprint density at radius 2 is 2.00 bits per heavy atom. The number of carbonyl (C=O) groups excluding carboxylic acids is 2. The van der Waals surface area contributed by atoms with Crippen molar-refractivity contribution in [2.45, 2.75) is 19.4 Å². The first-order valence-electron chi connectivity index (χ1n) is 6.10. The molecule has 1 aromatic rings. The van der Waals surface area contributed by atoms with Crippen molar-refractivity contribution < 1.29 is 23.9 Å². The molecule has 8 heteroatoms. The lowest BCUT2D eigenvalue weighted by Crippen LogP contribution is -2.42. The fourth-order valence-corrected chi connectivity index (χ4v) is 1.33. The maximum absolute atomic E-state index is 11.3. The van der Waals surface area contributed by atoms with Gasteiger partial charge in [0, 0.05) is 13.0 Å². The molecule has 3 amide bonds. The fraction of sp³-hybridized carbons (Fsp3) is 0.417. The summed E-state index contributed by atoms with van der Waals surface area (Å²) in [5.41, 5.74) is 0. The van der Waals surface area contributed by atoms with Crippen molar-refractivity contribution in [1.29, 1.82) is 0 Å². The largest absolute Gasteiger partial charge is 0.481 e. The summed E-state index contributed by atoms with van der Waals surface area (Å²) in [5, 5.41) is 15.8. The van der Waals surface area contributed by atoms with Gasteiger partial charge in [0.25, 0.3) is 0 Å². The average molecular weight is 283 g/mol. The molecule has 0 atom stereocenters. The Bertz CT molecular complexity index is 444. The van der Waals surface area contributed by atoms with Crippen molar-refractivity contribution in [3.05, 3.63) is 24.2 Å². The molecule has 0 unspecified atom stereocenters. The summed E-state index contributed by atoms with van der Waals surface area (Å²) in [4.78, 5) is 32.9. The molecule has 0 saturated heterocycles. The van der Waals surface area contributed by atoms with E-state index in [-0.39, 0.29) is 32.0 Å². The molecule has 8 nitrogen and oxygen atoms in total. The van der Waals surface area contributed by atoms with E-state index in [0.717, 1.165) is 0 Å². The first kappa shape index (κ1) is 15.5. The van der Waals surface area contributed by atoms with Gasteiger partial charge in [-0.15, -0.1) is 0 Å². The normalized spacial score (nSPS) is 9.80. The zero-order valence-electron chi connectivity index (χ0n) is 10.8. The number of rotatable bonds is 8. The van der Waals surface area contributed by atoms with Crippen molar-refractivity contribution in [3.63, 3.8) is 0 Å². The molecule has 0 radical (unpaired) electrons. The van der Waals surface area contributed by atoms with Gasteiger partial charge in [-0.3, -0.25) is 9.59 Å². The molecule has 1 aromatic heterocycles. The highest BCUT2D eigenvalue weighted by atomic mass is 16.4. The van der Waals surface area contributed by atoms with Crippen LogP contribution in [0.3, 0.4) is 0 Å². The van der Waals surface area contributed by atoms with Gasteiger partial charge in [-0.25, -0.2) is 4.79 Å². The first-order chi connectivity index (χ1) is 9.58. The van der Waals surface area contributed by atoms with Crippen LogP contribution in [-0.2, 0) is 16.1 Å². The monoisotopic (exact) mass is 283 g/mol. The summed E-state index contributed by atoms with van der Waals surface area (Å²) < 4.78 is 5.02. The smallest absolute Gasteiger partial charge is 0.315 e. The molecule has 0 bridgehead atoms. The number of furan rings is 1. The standard InChI is InChI=1S/C12H17N3O5/c16-10(13-5-1-4-11(17)18)8-15-12(19)14-7-9-3-2-6-20-9/h2-3,6H,1,4-5,7-8H2,(H,13,16)(H,17,18)(H2,14,15,19). The zero-order chi connectivity index (χ0) is 14.8. The van der Waals surface area contributed by atoms with Gasteiger partial charge in [-0.1, -0.05) is 0 Å². The molecular weight excluding hydrogens is 266 g/mol. The lowest BCUT2D eigenvalue weighted by molar-refractivity contribution is -0.137. The van der Waals surface area contributed by atoms with Crippen LogP contribution < -0.4 is 16.0 Å². The minimum Gasteiger partial charge on any atom is -0.481 e. The second-order valence-electron chi connectivity index (χ2n) is 3.96. The SMILES string of the molecule is O=C(O)CCCNC(=O)CNC(=O)NCc1ccco1. The summed E-state index contributed by atoms with van der Waals surface area (Å²) >= 11 is 0. The van der Waals surface area contributed by atoms with E-state index < -0.39 is 12.0 Å². The number of carbonyl (C=O) groups is 3. The van der Waals surface area contributed by atoms with Crippen LogP contribution in [0, 0.1) is 0 Å². The number of amides is 3. The molecule has 1 heterocycles. The van der Waals surface area contributed by atoms with Crippen LogP contribution in [0.15, 0.2) is 22.8 Å². The van der Waals surface area contributed by atoms with Crippen LogP contribution in [0.25, 0.3) is 0 Å². The summed E-state index contributed by atoms with van der Waals surface area (Å²) in [5.74, 6) is -0.670. The van der Waals surface area contributed by atoms with Crippen molar-refractivity contribution in [3.8, 4) is 0 Å². The zero-order valence-corrected chi connectivity index (χ0v) is 10.8. The third-order valence-corrected chi connectivity index (χ3v) is 2.30. The molecule has 20 heavy (non-hydrogen) atoms. The lowest BCUT2D eigenvalue weighted by Gasteiger charge is -2.07. The number of hydrogen-bond donors (Lipinski definition) is 4. The van der Waals surface area contributed by atoms with E-state index >= 15 is 0 Å². The van der Waals surface area contributed by atoms with Gasteiger partial charge in [0.05, 0.1) is 19.4 Å². The Balaban J connectivity index is 2.05. The van der Waals surface area contributed by atoms with E-state index in [2.05, 4.69) is 16.0 Å². The minimum absolute atomic E-state index is 0.00264. The molecule has 0 spiro atoms. The minimum atomic E-state index is -0.908. The van der Waals surface area contributed by atoms with E-state index in [4.69, 9.17) is 9.52 Å². The maximum Gasteiger partial charge on any atom is 0.315 e. The number of nitrogens with one attached hydrogen (secondary N) is 3. The Morgan fingerprint density at radius 3 is 2.65 bits per heavy atom. The van der Waals surface area contributed by atoms with Crippen LogP contribution >= 0.6 is 0 Å². The predicted molar refractivity (Wildman–Crippen MR) is 68.8 cm³/mol. The van der Waals surface area contributed by atoms with E-state index in [1.165, 1.54) is 6.26 Å². The molecule has 0 aliphatic heterocycles. The van der Waals surface area contributed by atoms with Crippen molar-refractivity contribution >= 4 is 17.9 Å². The fourth-order valence-electron chi connectivity index (χ4n) is 1.33. The lowest BCUT2D eigenvalue weighted by atomic mass is 10.3. The van der Waals surface area contributed by atoms with Crippen LogP contribution in [0.5, 0.6) is 0 Å². The molecule has 0 saturated carbocycles. The van der Waals surface area contributed by atoms with Gasteiger partial charge in [0.15, 0.2) is 0 Å². The molecule has 1 rings (SSSR count). The Labute approximate surface area is 115 Å². The number of hydrogen-bond acceptors (Lipinski definition) is 4. The van der Waals surface area contributed by atoms with E-state index in [0.29, 0.717) is 12.2 Å². The Kier molecular flexibility index (Phi) is 6.66. The second-order valence-corrected chi connectivity index (χ2v) is 3.96. The summed E-state index contributed by atoms with van der Waals surface area (Å²) in [7, 11) is 0. The van der Waals surface area contributed by atoms with E-state index in [9.17, 15) is 14.4 Å². The summed E-state index contributed by atoms with van der Waals surface area (Å²) in [6, 6.07) is 2.94. The van der Waals surface area contributed by atoms with Crippen LogP contribution in [-0.4, -0.2) is 36.1 Å². The molecular formula is C12H17N3O5. The Hall–Kier alpha value is -2.51. The van der Waals surface area contributed by atoms with Gasteiger partial charge in [-0.2, -0.15) is 0 Å². The Morgan fingerprint density at radius 1 is 1.20 bits per heavy atom. The van der Waals surface area contributed by atoms with Gasteiger partial charge in [0.2, 0.25) is 5.91 Å². The van der Waals surface area contributed by atoms with Gasteiger partial charge in [-0.05, 0) is 18.6 Å². The molecule has 0 aliphatic carbocycles. The average Bonchev–Trinajstić information content (AvgIpc) is 2.92. The van der Waals surface area contributed by atoms with E-state index in [1.54, 1.807) is 12.1 Å². The van der Waals surface area contributed by atoms with Gasteiger partial charge >= 0.3 is 12.0 Å². The highest BCUT2D eigenvalue weighted by molar-refractivity contribution is 5.83. The third kappa shape index (κ3) is 7.04. The molecule has 110 valence electrons. The predicted octanol–water partition coefficient (Wildman–Crippen LogP) is 0.0598. The number of carboxylic acids is 1. The first-order valence-corrected chi connectivity index (χ1v) is 6.10. The third-order valence-electron chi connectivity index (χ3n) is 2.30. The highest BCUT2D eigenvalue weighted by Gasteiger charge is 2.05. The quantitative estimate of drug-likeness (QED) is 0.503. The van der Waals surface area contributed by atoms with Crippen molar-refractivity contribution in [2.24, 2.45) is 0 Å². The van der Waals surface area contributed by atoms with E-state index in [1.807, 2.05) is 0 Å². The summed E-state index contributed by atoms with van der Waals surface area (Å²) in [6.07, 6.45) is 1.85. The van der Waals surface area contributed by atoms with Crippen molar-refractivity contribution in [1.82, 2.24) is 16.0 Å². The van der Waals surface area contributed by atoms with Gasteiger partial charge < -0.3 is 25.5 Å². The number of aliphatic carboxylic acids is 1. The molecule has 4 N–H and O–H groups in total. The van der Waals surface area contributed by atoms with Crippen LogP contribution in [0.2, 0.25) is 0 Å². The number of carboxylic acid groups (broad SMARTS) is 1. The van der Waals surface area contributed by atoms with Crippen LogP contribution in [0.1, 0.15) is 18.6 Å². The highest BCUT2D eigenvalue weighted by Crippen LogP contribution is 1.97. The second kappa shape index (κ2) is 8.57. The van der Waals surface area contributed by atoms with Gasteiger partial charge in [0.1, 0.15) is 5.76 Å². The van der Waals surface area contributed by atoms with Crippen molar-refractivity contribution in [2.75, 3.05) is 13.1 Å². The molecule has 0 aromatic carbocycles. The van der Waals surface area contributed by atoms with Crippen LogP contribution in [0.4, 0.5) is 4.79 Å². The molecule has 0 aliphatic rings. The maximum atomic E-state index is 11.3.